The normalized spacial score (nSPS) is 18.8. The Morgan fingerprint density at radius 2 is 1.77 bits per heavy atom. The Balaban J connectivity index is 1.73. The molecule has 0 unspecified atom stereocenters. The average molecular weight is 451 g/mol. The van der Waals surface area contributed by atoms with Gasteiger partial charge in [0.25, 0.3) is 5.91 Å². The van der Waals surface area contributed by atoms with Crippen LogP contribution in [0.4, 0.5) is 10.5 Å². The molecule has 1 aliphatic carbocycles. The van der Waals surface area contributed by atoms with Crippen LogP contribution in [0.3, 0.4) is 0 Å². The topological polar surface area (TPSA) is 107 Å². The molecular weight excluding hydrogens is 420 g/mol. The van der Waals surface area contributed by atoms with Crippen LogP contribution in [0.5, 0.6) is 0 Å². The number of carbonyl (C=O) groups is 3. The van der Waals surface area contributed by atoms with Crippen molar-refractivity contribution >= 4 is 33.6 Å². The molecule has 4 amide bonds. The van der Waals surface area contributed by atoms with E-state index in [2.05, 4.69) is 5.32 Å². The molecule has 0 atom stereocenters. The molecule has 1 saturated carbocycles. The molecule has 10 heteroatoms. The smallest absolute Gasteiger partial charge is 0.324 e. The summed E-state index contributed by atoms with van der Waals surface area (Å²) in [5, 5.41) is 2.62. The minimum Gasteiger partial charge on any atom is -0.324 e. The Labute approximate surface area is 183 Å². The van der Waals surface area contributed by atoms with Gasteiger partial charge in [-0.1, -0.05) is 39.2 Å². The van der Waals surface area contributed by atoms with Crippen LogP contribution in [0.15, 0.2) is 29.2 Å². The Bertz CT molecular complexity index is 968. The van der Waals surface area contributed by atoms with Crippen LogP contribution in [0.25, 0.3) is 0 Å². The zero-order valence-corrected chi connectivity index (χ0v) is 19.1. The average Bonchev–Trinajstić information content (AvgIpc) is 2.91. The number of amides is 4. The second-order valence-electron chi connectivity index (χ2n) is 7.99. The second-order valence-corrected chi connectivity index (χ2v) is 9.93. The van der Waals surface area contributed by atoms with Crippen LogP contribution < -0.4 is 5.32 Å². The molecule has 1 aromatic carbocycles. The first-order valence-corrected chi connectivity index (χ1v) is 12.1. The molecule has 0 aromatic heterocycles. The van der Waals surface area contributed by atoms with Crippen molar-refractivity contribution in [2.24, 2.45) is 0 Å². The minimum absolute atomic E-state index is 0.0724. The van der Waals surface area contributed by atoms with Crippen molar-refractivity contribution in [2.45, 2.75) is 56.4 Å². The van der Waals surface area contributed by atoms with Crippen LogP contribution in [0.2, 0.25) is 0 Å². The van der Waals surface area contributed by atoms with Crippen molar-refractivity contribution in [3.63, 3.8) is 0 Å². The SMILES string of the molecule is CCN(CC)S(=O)(=O)c1cccc(NC(=O)CN2C(=O)N(C)C3(CCCCC3)C2=O)c1. The molecule has 0 radical (unpaired) electrons. The fraction of sp³-hybridized carbons (Fsp3) is 0.571. The van der Waals surface area contributed by atoms with E-state index in [-0.39, 0.29) is 16.5 Å². The molecule has 2 fully saturated rings. The largest absolute Gasteiger partial charge is 0.327 e. The Morgan fingerprint density at radius 1 is 1.13 bits per heavy atom. The molecule has 1 spiro atoms. The first-order valence-electron chi connectivity index (χ1n) is 10.7. The minimum atomic E-state index is -3.67. The Morgan fingerprint density at radius 3 is 2.39 bits per heavy atom. The molecule has 1 aliphatic heterocycles. The number of nitrogens with one attached hydrogen (secondary N) is 1. The highest BCUT2D eigenvalue weighted by molar-refractivity contribution is 7.89. The highest BCUT2D eigenvalue weighted by Gasteiger charge is 2.55. The maximum absolute atomic E-state index is 13.0. The quantitative estimate of drug-likeness (QED) is 0.641. The zero-order chi connectivity index (χ0) is 22.8. The van der Waals surface area contributed by atoms with Crippen molar-refractivity contribution in [1.82, 2.24) is 14.1 Å². The third-order valence-corrected chi connectivity index (χ3v) is 8.29. The Hall–Kier alpha value is -2.46. The third-order valence-electron chi connectivity index (χ3n) is 6.25. The summed E-state index contributed by atoms with van der Waals surface area (Å²) in [5.74, 6) is -0.881. The number of sulfonamides is 1. The Kier molecular flexibility index (Phi) is 6.70. The number of anilines is 1. The molecule has 0 bridgehead atoms. The maximum Gasteiger partial charge on any atom is 0.327 e. The lowest BCUT2D eigenvalue weighted by molar-refractivity contribution is -0.136. The molecule has 2 aliphatic rings. The molecule has 3 rings (SSSR count). The summed E-state index contributed by atoms with van der Waals surface area (Å²) < 4.78 is 26.8. The lowest BCUT2D eigenvalue weighted by atomic mass is 9.81. The van der Waals surface area contributed by atoms with E-state index in [0.29, 0.717) is 25.9 Å². The van der Waals surface area contributed by atoms with Crippen LogP contribution >= 0.6 is 0 Å². The van der Waals surface area contributed by atoms with Gasteiger partial charge in [-0.05, 0) is 31.0 Å². The van der Waals surface area contributed by atoms with E-state index in [1.165, 1.54) is 21.3 Å². The highest BCUT2D eigenvalue weighted by Crippen LogP contribution is 2.39. The van der Waals surface area contributed by atoms with Crippen molar-refractivity contribution in [3.8, 4) is 0 Å². The van der Waals surface area contributed by atoms with E-state index in [9.17, 15) is 22.8 Å². The molecule has 1 N–H and O–H groups in total. The first-order chi connectivity index (χ1) is 14.7. The first kappa shape index (κ1) is 23.2. The van der Waals surface area contributed by atoms with E-state index in [1.54, 1.807) is 33.0 Å². The van der Waals surface area contributed by atoms with E-state index in [0.717, 1.165) is 24.2 Å². The molecule has 1 saturated heterocycles. The van der Waals surface area contributed by atoms with Crippen LogP contribution in [0, 0.1) is 0 Å². The number of nitrogens with zero attached hydrogens (tertiary/aromatic N) is 3. The molecule has 1 heterocycles. The fourth-order valence-electron chi connectivity index (χ4n) is 4.46. The summed E-state index contributed by atoms with van der Waals surface area (Å²) in [6.07, 6.45) is 3.99. The highest BCUT2D eigenvalue weighted by atomic mass is 32.2. The van der Waals surface area contributed by atoms with Gasteiger partial charge in [0.1, 0.15) is 12.1 Å². The number of rotatable bonds is 7. The summed E-state index contributed by atoms with van der Waals surface area (Å²) in [5.41, 5.74) is -0.550. The lowest BCUT2D eigenvalue weighted by Gasteiger charge is -2.35. The van der Waals surface area contributed by atoms with Gasteiger partial charge in [0.15, 0.2) is 0 Å². The third kappa shape index (κ3) is 4.18. The van der Waals surface area contributed by atoms with Gasteiger partial charge in [0.05, 0.1) is 4.90 Å². The summed E-state index contributed by atoms with van der Waals surface area (Å²) >= 11 is 0. The zero-order valence-electron chi connectivity index (χ0n) is 18.3. The van der Waals surface area contributed by atoms with Gasteiger partial charge in [0.2, 0.25) is 15.9 Å². The van der Waals surface area contributed by atoms with E-state index < -0.39 is 34.0 Å². The number of hydrogen-bond acceptors (Lipinski definition) is 5. The van der Waals surface area contributed by atoms with Gasteiger partial charge < -0.3 is 10.2 Å². The van der Waals surface area contributed by atoms with Gasteiger partial charge >= 0.3 is 6.03 Å². The second kappa shape index (κ2) is 8.96. The van der Waals surface area contributed by atoms with Gasteiger partial charge in [-0.2, -0.15) is 4.31 Å². The summed E-state index contributed by atoms with van der Waals surface area (Å²) in [7, 11) is -2.05. The lowest BCUT2D eigenvalue weighted by Crippen LogP contribution is -2.49. The number of imide groups is 1. The van der Waals surface area contributed by atoms with Crippen LogP contribution in [-0.4, -0.2) is 72.6 Å². The standard InChI is InChI=1S/C21H30N4O5S/c1-4-24(5-2)31(29,30)17-11-9-10-16(14-17)22-18(26)15-25-19(27)21(23(3)20(25)28)12-7-6-8-13-21/h9-11,14H,4-8,12-13,15H2,1-3H3,(H,22,26). The number of hydrogen-bond donors (Lipinski definition) is 1. The van der Waals surface area contributed by atoms with Gasteiger partial charge in [0, 0.05) is 25.8 Å². The van der Waals surface area contributed by atoms with Crippen molar-refractivity contribution in [1.29, 1.82) is 0 Å². The number of urea groups is 1. The van der Waals surface area contributed by atoms with Crippen LogP contribution in [0.1, 0.15) is 46.0 Å². The molecular formula is C21H30N4O5S. The predicted octanol–water partition coefficient (Wildman–Crippen LogP) is 2.25. The number of likely N-dealkylation sites (N-methyl/N-ethyl adjacent to an activating group) is 1. The maximum atomic E-state index is 13.0. The summed E-state index contributed by atoms with van der Waals surface area (Å²) in [4.78, 5) is 40.8. The van der Waals surface area contributed by atoms with Crippen molar-refractivity contribution in [2.75, 3.05) is 32.0 Å². The van der Waals surface area contributed by atoms with Gasteiger partial charge in [-0.3, -0.25) is 14.5 Å². The van der Waals surface area contributed by atoms with E-state index in [4.69, 9.17) is 0 Å². The summed E-state index contributed by atoms with van der Waals surface area (Å²) in [6, 6.07) is 5.50. The molecule has 170 valence electrons. The van der Waals surface area contributed by atoms with E-state index in [1.807, 2.05) is 0 Å². The van der Waals surface area contributed by atoms with Crippen molar-refractivity contribution < 1.29 is 22.8 Å². The molecule has 9 nitrogen and oxygen atoms in total. The number of benzene rings is 1. The number of carbonyl (C=O) groups excluding carboxylic acids is 3. The van der Waals surface area contributed by atoms with Gasteiger partial charge in [-0.25, -0.2) is 13.2 Å². The fourth-order valence-corrected chi connectivity index (χ4v) is 5.97. The predicted molar refractivity (Wildman–Crippen MR) is 116 cm³/mol. The monoisotopic (exact) mass is 450 g/mol. The van der Waals surface area contributed by atoms with E-state index >= 15 is 0 Å². The van der Waals surface area contributed by atoms with Crippen LogP contribution in [-0.2, 0) is 19.6 Å². The van der Waals surface area contributed by atoms with Crippen molar-refractivity contribution in [3.05, 3.63) is 24.3 Å². The van der Waals surface area contributed by atoms with Gasteiger partial charge in [-0.15, -0.1) is 0 Å². The molecule has 31 heavy (non-hydrogen) atoms. The molecule has 1 aromatic rings. The summed E-state index contributed by atoms with van der Waals surface area (Å²) in [6.45, 7) is 3.78.